The Labute approximate surface area is 182 Å². The van der Waals surface area contributed by atoms with E-state index in [1.165, 1.54) is 4.31 Å². The molecule has 2 amide bonds. The number of ether oxygens (including phenoxy) is 1. The number of hydrogen-bond donors (Lipinski definition) is 2. The highest BCUT2D eigenvalue weighted by Crippen LogP contribution is 2.24. The summed E-state index contributed by atoms with van der Waals surface area (Å²) in [6.07, 6.45) is 1.23. The first kappa shape index (κ1) is 22.8. The van der Waals surface area contributed by atoms with Crippen molar-refractivity contribution in [1.29, 1.82) is 0 Å². The highest BCUT2D eigenvalue weighted by molar-refractivity contribution is 7.89. The lowest BCUT2D eigenvalue weighted by molar-refractivity contribution is -0.131. The van der Waals surface area contributed by atoms with Gasteiger partial charge in [0.1, 0.15) is 5.75 Å². The number of piperidine rings is 1. The van der Waals surface area contributed by atoms with Crippen LogP contribution in [0.2, 0.25) is 0 Å². The van der Waals surface area contributed by atoms with Crippen LogP contribution in [-0.2, 0) is 26.0 Å². The molecule has 0 bridgehead atoms. The van der Waals surface area contributed by atoms with Crippen LogP contribution >= 0.6 is 0 Å². The first-order chi connectivity index (χ1) is 14.8. The normalized spacial score (nSPS) is 17.0. The number of hydrazine groups is 1. The van der Waals surface area contributed by atoms with Gasteiger partial charge >= 0.3 is 0 Å². The average Bonchev–Trinajstić information content (AvgIpc) is 2.78. The van der Waals surface area contributed by atoms with E-state index in [2.05, 4.69) is 10.9 Å². The van der Waals surface area contributed by atoms with E-state index < -0.39 is 21.8 Å². The van der Waals surface area contributed by atoms with Crippen molar-refractivity contribution in [2.75, 3.05) is 20.2 Å². The van der Waals surface area contributed by atoms with Crippen LogP contribution in [0.1, 0.15) is 24.0 Å². The maximum Gasteiger partial charge on any atom is 0.243 e. The molecule has 1 fully saturated rings. The van der Waals surface area contributed by atoms with Crippen LogP contribution in [0.25, 0.3) is 0 Å². The molecule has 1 aliphatic rings. The lowest BCUT2D eigenvalue weighted by Crippen LogP contribution is -2.50. The predicted molar refractivity (Wildman–Crippen MR) is 116 cm³/mol. The van der Waals surface area contributed by atoms with Crippen LogP contribution in [-0.4, -0.2) is 44.7 Å². The number of rotatable bonds is 6. The van der Waals surface area contributed by atoms with Gasteiger partial charge in [0.2, 0.25) is 21.8 Å². The van der Waals surface area contributed by atoms with Gasteiger partial charge in [-0.25, -0.2) is 8.42 Å². The molecule has 31 heavy (non-hydrogen) atoms. The lowest BCUT2D eigenvalue weighted by Gasteiger charge is -2.31. The van der Waals surface area contributed by atoms with Crippen molar-refractivity contribution >= 4 is 21.8 Å². The number of hydrogen-bond acceptors (Lipinski definition) is 5. The van der Waals surface area contributed by atoms with Gasteiger partial charge in [-0.3, -0.25) is 20.4 Å². The molecule has 9 heteroatoms. The summed E-state index contributed by atoms with van der Waals surface area (Å²) in [5.74, 6) is -0.597. The molecule has 166 valence electrons. The molecule has 1 unspecified atom stereocenters. The van der Waals surface area contributed by atoms with E-state index in [1.807, 2.05) is 6.92 Å². The summed E-state index contributed by atoms with van der Waals surface area (Å²) < 4.78 is 32.2. The Morgan fingerprint density at radius 1 is 1.06 bits per heavy atom. The van der Waals surface area contributed by atoms with E-state index in [4.69, 9.17) is 4.74 Å². The second-order valence-corrected chi connectivity index (χ2v) is 9.52. The fourth-order valence-electron chi connectivity index (χ4n) is 3.44. The Morgan fingerprint density at radius 2 is 1.74 bits per heavy atom. The number of carbonyl (C=O) groups is 2. The number of carbonyl (C=O) groups excluding carboxylic acids is 2. The first-order valence-electron chi connectivity index (χ1n) is 10.1. The molecule has 1 heterocycles. The van der Waals surface area contributed by atoms with Crippen molar-refractivity contribution in [2.24, 2.45) is 5.92 Å². The smallest absolute Gasteiger partial charge is 0.243 e. The molecule has 0 aromatic heterocycles. The van der Waals surface area contributed by atoms with Gasteiger partial charge < -0.3 is 4.74 Å². The quantitative estimate of drug-likeness (QED) is 0.660. The highest BCUT2D eigenvalue weighted by Gasteiger charge is 2.33. The van der Waals surface area contributed by atoms with E-state index >= 15 is 0 Å². The van der Waals surface area contributed by atoms with Gasteiger partial charge in [0, 0.05) is 13.1 Å². The third kappa shape index (κ3) is 5.83. The monoisotopic (exact) mass is 445 g/mol. The molecule has 1 saturated heterocycles. The van der Waals surface area contributed by atoms with E-state index in [0.29, 0.717) is 25.1 Å². The molecule has 0 saturated carbocycles. The fraction of sp³-hybridized carbons (Fsp3) is 0.364. The number of nitrogens with one attached hydrogen (secondary N) is 2. The van der Waals surface area contributed by atoms with Crippen molar-refractivity contribution in [3.63, 3.8) is 0 Å². The minimum absolute atomic E-state index is 0.0798. The number of benzene rings is 2. The minimum atomic E-state index is -3.67. The lowest BCUT2D eigenvalue weighted by atomic mass is 9.99. The molecule has 2 N–H and O–H groups in total. The zero-order chi connectivity index (χ0) is 22.4. The van der Waals surface area contributed by atoms with Crippen molar-refractivity contribution in [3.8, 4) is 5.75 Å². The molecule has 0 aliphatic carbocycles. The van der Waals surface area contributed by atoms with Gasteiger partial charge in [0.15, 0.2) is 0 Å². The van der Waals surface area contributed by atoms with Crippen LogP contribution in [0.4, 0.5) is 0 Å². The molecule has 1 aliphatic heterocycles. The molecule has 0 spiro atoms. The Hall–Kier alpha value is -2.91. The number of amides is 2. The summed E-state index contributed by atoms with van der Waals surface area (Å²) in [6.45, 7) is 2.33. The fourth-order valence-corrected chi connectivity index (χ4v) is 4.96. The number of sulfonamides is 1. The van der Waals surface area contributed by atoms with Crippen molar-refractivity contribution in [2.45, 2.75) is 31.1 Å². The molecule has 3 rings (SSSR count). The van der Waals surface area contributed by atoms with Gasteiger partial charge in [-0.1, -0.05) is 29.8 Å². The molecule has 1 atom stereocenters. The molecular weight excluding hydrogens is 418 g/mol. The third-order valence-corrected chi connectivity index (χ3v) is 7.14. The van der Waals surface area contributed by atoms with E-state index in [0.717, 1.165) is 11.1 Å². The summed E-state index contributed by atoms with van der Waals surface area (Å²) in [7, 11) is -2.10. The van der Waals surface area contributed by atoms with Gasteiger partial charge in [-0.15, -0.1) is 0 Å². The van der Waals surface area contributed by atoms with Crippen LogP contribution in [0.15, 0.2) is 53.4 Å². The number of aryl methyl sites for hydroxylation is 1. The third-order valence-electron chi connectivity index (χ3n) is 5.26. The summed E-state index contributed by atoms with van der Waals surface area (Å²) in [4.78, 5) is 24.9. The zero-order valence-electron chi connectivity index (χ0n) is 17.6. The van der Waals surface area contributed by atoms with Crippen molar-refractivity contribution < 1.29 is 22.7 Å². The highest BCUT2D eigenvalue weighted by atomic mass is 32.2. The van der Waals surface area contributed by atoms with Gasteiger partial charge in [-0.05, 0) is 49.6 Å². The molecule has 8 nitrogen and oxygen atoms in total. The van der Waals surface area contributed by atoms with E-state index in [1.54, 1.807) is 55.6 Å². The topological polar surface area (TPSA) is 105 Å². The van der Waals surface area contributed by atoms with Crippen LogP contribution in [0, 0.1) is 12.8 Å². The first-order valence-corrected chi connectivity index (χ1v) is 11.5. The average molecular weight is 446 g/mol. The van der Waals surface area contributed by atoms with E-state index in [9.17, 15) is 18.0 Å². The zero-order valence-corrected chi connectivity index (χ0v) is 18.4. The Bertz CT molecular complexity index is 1020. The minimum Gasteiger partial charge on any atom is -0.497 e. The van der Waals surface area contributed by atoms with Crippen molar-refractivity contribution in [3.05, 3.63) is 59.7 Å². The van der Waals surface area contributed by atoms with Crippen LogP contribution in [0.3, 0.4) is 0 Å². The Balaban J connectivity index is 1.54. The molecule has 0 radical (unpaired) electrons. The summed E-state index contributed by atoms with van der Waals surface area (Å²) >= 11 is 0. The molecule has 2 aromatic carbocycles. The van der Waals surface area contributed by atoms with E-state index in [-0.39, 0.29) is 23.8 Å². The largest absolute Gasteiger partial charge is 0.497 e. The van der Waals surface area contributed by atoms with Crippen LogP contribution in [0.5, 0.6) is 5.75 Å². The maximum atomic E-state index is 12.9. The number of methoxy groups -OCH3 is 1. The van der Waals surface area contributed by atoms with Crippen molar-refractivity contribution in [1.82, 2.24) is 15.2 Å². The summed E-state index contributed by atoms with van der Waals surface area (Å²) in [6, 6.07) is 13.7. The molecule has 2 aromatic rings. The Morgan fingerprint density at radius 3 is 2.39 bits per heavy atom. The second-order valence-electron chi connectivity index (χ2n) is 7.58. The van der Waals surface area contributed by atoms with Gasteiger partial charge in [-0.2, -0.15) is 4.31 Å². The summed E-state index contributed by atoms with van der Waals surface area (Å²) in [5.41, 5.74) is 6.59. The standard InChI is InChI=1S/C22H27N3O5S/c1-16-5-11-20(12-6-16)31(28,29)25-13-3-4-18(15-25)22(27)24-23-21(26)14-17-7-9-19(30-2)10-8-17/h5-12,18H,3-4,13-15H2,1-2H3,(H,23,26)(H,24,27). The SMILES string of the molecule is COc1ccc(CC(=O)NNC(=O)C2CCCN(S(=O)(=O)c3ccc(C)cc3)C2)cc1. The molecular formula is C22H27N3O5S. The second kappa shape index (κ2) is 9.93. The van der Waals surface area contributed by atoms with Gasteiger partial charge in [0.25, 0.3) is 0 Å². The summed E-state index contributed by atoms with van der Waals surface area (Å²) in [5, 5.41) is 0. The maximum absolute atomic E-state index is 12.9. The predicted octanol–water partition coefficient (Wildman–Crippen LogP) is 1.79. The van der Waals surface area contributed by atoms with Crippen LogP contribution < -0.4 is 15.6 Å². The number of nitrogens with zero attached hydrogens (tertiary/aromatic N) is 1. The van der Waals surface area contributed by atoms with Gasteiger partial charge in [0.05, 0.1) is 24.3 Å². The Kier molecular flexibility index (Phi) is 7.29.